The van der Waals surface area contributed by atoms with E-state index in [9.17, 15) is 4.79 Å². The zero-order valence-electron chi connectivity index (χ0n) is 16.4. The molecule has 0 atom stereocenters. The Kier molecular flexibility index (Phi) is 5.90. The van der Waals surface area contributed by atoms with Crippen LogP contribution in [0.4, 0.5) is 0 Å². The van der Waals surface area contributed by atoms with E-state index in [-0.39, 0.29) is 6.42 Å². The highest BCUT2D eigenvalue weighted by Crippen LogP contribution is 2.35. The molecule has 1 aromatic heterocycles. The average molecular weight is 398 g/mol. The minimum atomic E-state index is -0.831. The van der Waals surface area contributed by atoms with Crippen molar-refractivity contribution in [1.29, 1.82) is 0 Å². The van der Waals surface area contributed by atoms with E-state index < -0.39 is 5.97 Å². The van der Waals surface area contributed by atoms with Crippen LogP contribution in [0.25, 0.3) is 22.4 Å². The third-order valence-corrected chi connectivity index (χ3v) is 4.92. The number of aromatic amines is 1. The second-order valence-corrected chi connectivity index (χ2v) is 7.02. The van der Waals surface area contributed by atoms with Gasteiger partial charge in [0.25, 0.3) is 0 Å². The van der Waals surface area contributed by atoms with E-state index in [0.717, 1.165) is 39.3 Å². The fourth-order valence-corrected chi connectivity index (χ4v) is 3.37. The lowest BCUT2D eigenvalue weighted by Gasteiger charge is -2.14. The van der Waals surface area contributed by atoms with Crippen LogP contribution in [-0.2, 0) is 17.8 Å². The molecule has 0 saturated carbocycles. The van der Waals surface area contributed by atoms with Crippen LogP contribution in [0.3, 0.4) is 0 Å². The second kappa shape index (κ2) is 9.09. The van der Waals surface area contributed by atoms with Gasteiger partial charge < -0.3 is 9.84 Å². The van der Waals surface area contributed by atoms with E-state index >= 15 is 0 Å². The maximum Gasteiger partial charge on any atom is 0.303 e. The monoisotopic (exact) mass is 398 g/mol. The van der Waals surface area contributed by atoms with E-state index in [1.807, 2.05) is 66.7 Å². The lowest BCUT2D eigenvalue weighted by atomic mass is 9.99. The number of aromatic nitrogens is 2. The molecule has 5 nitrogen and oxygen atoms in total. The third kappa shape index (κ3) is 4.58. The van der Waals surface area contributed by atoms with Crippen molar-refractivity contribution in [1.82, 2.24) is 10.2 Å². The fraction of sp³-hybridized carbons (Fsp3) is 0.120. The Morgan fingerprint density at radius 2 is 1.67 bits per heavy atom. The molecule has 150 valence electrons. The van der Waals surface area contributed by atoms with Gasteiger partial charge in [0.2, 0.25) is 0 Å². The van der Waals surface area contributed by atoms with Crippen LogP contribution in [0.5, 0.6) is 5.75 Å². The Morgan fingerprint density at radius 1 is 0.933 bits per heavy atom. The smallest absolute Gasteiger partial charge is 0.303 e. The largest absolute Gasteiger partial charge is 0.488 e. The fourth-order valence-electron chi connectivity index (χ4n) is 3.37. The number of benzene rings is 3. The summed E-state index contributed by atoms with van der Waals surface area (Å²) in [5.41, 5.74) is 5.74. The Labute approximate surface area is 175 Å². The molecule has 0 bridgehead atoms. The summed E-state index contributed by atoms with van der Waals surface area (Å²) in [6.45, 7) is 0.435. The number of carbonyl (C=O) groups is 1. The number of aryl methyl sites for hydroxylation is 1. The highest BCUT2D eigenvalue weighted by molar-refractivity contribution is 5.76. The maximum absolute atomic E-state index is 11.0. The summed E-state index contributed by atoms with van der Waals surface area (Å²) in [5.74, 6) is -0.108. The van der Waals surface area contributed by atoms with Crippen LogP contribution in [0.15, 0.2) is 85.1 Å². The quantitative estimate of drug-likeness (QED) is 0.420. The van der Waals surface area contributed by atoms with E-state index in [0.29, 0.717) is 13.0 Å². The standard InChI is InChI=1S/C25H22N2O3/c28-24(29)14-12-21-16-26-27-25(21)22-13-11-20(19-9-5-2-6-10-19)15-23(22)30-17-18-7-3-1-4-8-18/h1-11,13,15-16H,12,14,17H2,(H,26,27)(H,28,29). The highest BCUT2D eigenvalue weighted by Gasteiger charge is 2.15. The molecule has 4 aromatic rings. The summed E-state index contributed by atoms with van der Waals surface area (Å²) >= 11 is 0. The van der Waals surface area contributed by atoms with E-state index in [1.165, 1.54) is 0 Å². The molecule has 0 aliphatic rings. The summed E-state index contributed by atoms with van der Waals surface area (Å²) in [4.78, 5) is 11.0. The first-order chi connectivity index (χ1) is 14.7. The van der Waals surface area contributed by atoms with Gasteiger partial charge in [0.15, 0.2) is 0 Å². The normalized spacial score (nSPS) is 10.7. The molecule has 0 saturated heterocycles. The van der Waals surface area contributed by atoms with Crippen molar-refractivity contribution in [2.45, 2.75) is 19.4 Å². The predicted octanol–water partition coefficient (Wildman–Crippen LogP) is 5.34. The van der Waals surface area contributed by atoms with Crippen LogP contribution < -0.4 is 4.74 Å². The zero-order chi connectivity index (χ0) is 20.8. The number of hydrogen-bond donors (Lipinski definition) is 2. The average Bonchev–Trinajstić information content (AvgIpc) is 3.26. The molecule has 0 amide bonds. The van der Waals surface area contributed by atoms with Gasteiger partial charge in [-0.2, -0.15) is 5.10 Å². The first kappa shape index (κ1) is 19.5. The molecule has 4 rings (SSSR count). The maximum atomic E-state index is 11.0. The highest BCUT2D eigenvalue weighted by atomic mass is 16.5. The molecule has 3 aromatic carbocycles. The molecule has 0 aliphatic carbocycles. The number of nitrogens with one attached hydrogen (secondary N) is 1. The summed E-state index contributed by atoms with van der Waals surface area (Å²) < 4.78 is 6.23. The number of carboxylic acid groups (broad SMARTS) is 1. The summed E-state index contributed by atoms with van der Waals surface area (Å²) in [6.07, 6.45) is 2.14. The molecule has 2 N–H and O–H groups in total. The molecular weight excluding hydrogens is 376 g/mol. The van der Waals surface area contributed by atoms with Gasteiger partial charge in [0.1, 0.15) is 12.4 Å². The Bertz CT molecular complexity index is 1120. The van der Waals surface area contributed by atoms with Gasteiger partial charge in [-0.1, -0.05) is 66.7 Å². The number of H-pyrrole nitrogens is 1. The van der Waals surface area contributed by atoms with E-state index in [2.05, 4.69) is 22.3 Å². The van der Waals surface area contributed by atoms with Crippen molar-refractivity contribution in [3.8, 4) is 28.1 Å². The number of hydrogen-bond acceptors (Lipinski definition) is 3. The third-order valence-electron chi connectivity index (χ3n) is 4.92. The van der Waals surface area contributed by atoms with Gasteiger partial charge in [-0.15, -0.1) is 0 Å². The van der Waals surface area contributed by atoms with E-state index in [1.54, 1.807) is 6.20 Å². The van der Waals surface area contributed by atoms with Gasteiger partial charge in [-0.05, 0) is 40.8 Å². The zero-order valence-corrected chi connectivity index (χ0v) is 16.4. The van der Waals surface area contributed by atoms with Crippen molar-refractivity contribution in [2.75, 3.05) is 0 Å². The molecule has 0 radical (unpaired) electrons. The predicted molar refractivity (Wildman–Crippen MR) is 116 cm³/mol. The number of ether oxygens (including phenoxy) is 1. The molecule has 5 heteroatoms. The summed E-state index contributed by atoms with van der Waals surface area (Å²) in [5, 5.41) is 16.2. The van der Waals surface area contributed by atoms with Crippen LogP contribution >= 0.6 is 0 Å². The Morgan fingerprint density at radius 3 is 2.40 bits per heavy atom. The molecule has 0 fully saturated rings. The molecule has 30 heavy (non-hydrogen) atoms. The molecule has 0 unspecified atom stereocenters. The number of carboxylic acids is 1. The van der Waals surface area contributed by atoms with Crippen LogP contribution in [0.1, 0.15) is 17.5 Å². The van der Waals surface area contributed by atoms with Crippen molar-refractivity contribution in [3.05, 3.63) is 96.2 Å². The Balaban J connectivity index is 1.70. The molecule has 1 heterocycles. The van der Waals surface area contributed by atoms with Crippen molar-refractivity contribution in [2.24, 2.45) is 0 Å². The minimum absolute atomic E-state index is 0.0504. The van der Waals surface area contributed by atoms with Crippen molar-refractivity contribution < 1.29 is 14.6 Å². The van der Waals surface area contributed by atoms with Gasteiger partial charge in [0, 0.05) is 12.0 Å². The molecule has 0 spiro atoms. The Hall–Kier alpha value is -3.86. The van der Waals surface area contributed by atoms with Crippen LogP contribution in [0.2, 0.25) is 0 Å². The van der Waals surface area contributed by atoms with Crippen molar-refractivity contribution in [3.63, 3.8) is 0 Å². The first-order valence-electron chi connectivity index (χ1n) is 9.81. The lowest BCUT2D eigenvalue weighted by molar-refractivity contribution is -0.136. The summed E-state index contributed by atoms with van der Waals surface area (Å²) in [7, 11) is 0. The minimum Gasteiger partial charge on any atom is -0.488 e. The topological polar surface area (TPSA) is 75.2 Å². The van der Waals surface area contributed by atoms with Gasteiger partial charge in [0.05, 0.1) is 11.9 Å². The lowest BCUT2D eigenvalue weighted by Crippen LogP contribution is -2.00. The van der Waals surface area contributed by atoms with Gasteiger partial charge in [-0.25, -0.2) is 0 Å². The van der Waals surface area contributed by atoms with Gasteiger partial charge in [-0.3, -0.25) is 9.89 Å². The first-order valence-corrected chi connectivity index (χ1v) is 9.81. The summed E-state index contributed by atoms with van der Waals surface area (Å²) in [6, 6.07) is 26.2. The number of aliphatic carboxylic acids is 1. The van der Waals surface area contributed by atoms with Crippen molar-refractivity contribution >= 4 is 5.97 Å². The van der Waals surface area contributed by atoms with Gasteiger partial charge >= 0.3 is 5.97 Å². The van der Waals surface area contributed by atoms with Crippen LogP contribution in [-0.4, -0.2) is 21.3 Å². The number of nitrogens with zero attached hydrogens (tertiary/aromatic N) is 1. The SMILES string of the molecule is O=C(O)CCc1cn[nH]c1-c1ccc(-c2ccccc2)cc1OCc1ccccc1. The molecular formula is C25H22N2O3. The van der Waals surface area contributed by atoms with E-state index in [4.69, 9.17) is 9.84 Å². The molecule has 0 aliphatic heterocycles. The van der Waals surface area contributed by atoms with Crippen LogP contribution in [0, 0.1) is 0 Å². The number of rotatable bonds is 8. The second-order valence-electron chi connectivity index (χ2n) is 7.02.